The predicted molar refractivity (Wildman–Crippen MR) is 82.0 cm³/mol. The maximum absolute atomic E-state index is 13.3. The number of rotatable bonds is 4. The van der Waals surface area contributed by atoms with Gasteiger partial charge in [0.25, 0.3) is 0 Å². The summed E-state index contributed by atoms with van der Waals surface area (Å²) in [5.74, 6) is -0.613. The summed E-state index contributed by atoms with van der Waals surface area (Å²) < 4.78 is 28.4. The maximum Gasteiger partial charge on any atom is 0.159 e. The predicted octanol–water partition coefficient (Wildman–Crippen LogP) is 3.65. The van der Waals surface area contributed by atoms with E-state index in [0.717, 1.165) is 43.0 Å². The molecule has 0 aliphatic carbocycles. The van der Waals surface area contributed by atoms with Crippen molar-refractivity contribution in [2.45, 2.75) is 38.8 Å². The molecule has 3 nitrogen and oxygen atoms in total. The molecule has 1 aliphatic heterocycles. The lowest BCUT2D eigenvalue weighted by molar-refractivity contribution is 0.400. The average Bonchev–Trinajstić information content (AvgIpc) is 2.85. The Morgan fingerprint density at radius 1 is 1.36 bits per heavy atom. The van der Waals surface area contributed by atoms with Crippen LogP contribution in [0.3, 0.4) is 0 Å². The van der Waals surface area contributed by atoms with Crippen molar-refractivity contribution in [3.8, 4) is 0 Å². The molecule has 1 aromatic carbocycles. The van der Waals surface area contributed by atoms with Gasteiger partial charge >= 0.3 is 0 Å². The third kappa shape index (κ3) is 2.88. The van der Waals surface area contributed by atoms with Crippen molar-refractivity contribution in [2.24, 2.45) is 0 Å². The number of aromatic nitrogens is 2. The Kier molecular flexibility index (Phi) is 4.45. The van der Waals surface area contributed by atoms with Crippen molar-refractivity contribution in [3.05, 3.63) is 52.1 Å². The first-order chi connectivity index (χ1) is 10.6. The largest absolute Gasteiger partial charge is 0.328 e. The van der Waals surface area contributed by atoms with Crippen LogP contribution in [0.1, 0.15) is 36.5 Å². The Balaban J connectivity index is 1.77. The Bertz CT molecular complexity index is 684. The zero-order valence-corrected chi connectivity index (χ0v) is 13.1. The molecule has 2 heterocycles. The molecule has 2 aromatic rings. The molecule has 1 atom stereocenters. The van der Waals surface area contributed by atoms with Gasteiger partial charge in [0, 0.05) is 19.5 Å². The van der Waals surface area contributed by atoms with E-state index in [1.54, 1.807) is 6.07 Å². The minimum atomic E-state index is -0.812. The fourth-order valence-electron chi connectivity index (χ4n) is 3.02. The van der Waals surface area contributed by atoms with Gasteiger partial charge in [-0.05, 0) is 30.5 Å². The van der Waals surface area contributed by atoms with Crippen molar-refractivity contribution >= 4 is 11.6 Å². The molecule has 0 saturated heterocycles. The van der Waals surface area contributed by atoms with E-state index in [1.807, 2.05) is 0 Å². The number of fused-ring (bicyclic) bond motifs is 1. The van der Waals surface area contributed by atoms with Crippen LogP contribution in [0, 0.1) is 11.6 Å². The molecule has 118 valence electrons. The fourth-order valence-corrected chi connectivity index (χ4v) is 3.36. The number of benzene rings is 1. The highest BCUT2D eigenvalue weighted by Crippen LogP contribution is 2.30. The van der Waals surface area contributed by atoms with Crippen molar-refractivity contribution in [3.63, 3.8) is 0 Å². The minimum absolute atomic E-state index is 0.0853. The molecule has 1 N–H and O–H groups in total. The summed E-state index contributed by atoms with van der Waals surface area (Å²) in [5.41, 5.74) is 1.79. The van der Waals surface area contributed by atoms with E-state index in [4.69, 9.17) is 11.6 Å². The van der Waals surface area contributed by atoms with Crippen LogP contribution < -0.4 is 5.32 Å². The standard InChI is InChI=1S/C16H18ClF2N3/c1-2-14-21-16(17)15-13(20-7-8-22(14)15)6-4-10-3-5-11(18)12(19)9-10/h3,5,9,13,20H,2,4,6-8H2,1H3. The van der Waals surface area contributed by atoms with E-state index in [0.29, 0.717) is 11.6 Å². The molecule has 1 unspecified atom stereocenters. The van der Waals surface area contributed by atoms with Gasteiger partial charge in [0.05, 0.1) is 11.7 Å². The first kappa shape index (κ1) is 15.4. The highest BCUT2D eigenvalue weighted by Gasteiger charge is 2.26. The lowest BCUT2D eigenvalue weighted by atomic mass is 10.0. The normalized spacial score (nSPS) is 17.5. The number of hydrogen-bond donors (Lipinski definition) is 1. The molecule has 0 fully saturated rings. The van der Waals surface area contributed by atoms with E-state index in [2.05, 4.69) is 21.8 Å². The summed E-state index contributed by atoms with van der Waals surface area (Å²) in [7, 11) is 0. The first-order valence-electron chi connectivity index (χ1n) is 7.52. The molecule has 1 aromatic heterocycles. The number of nitrogens with one attached hydrogen (secondary N) is 1. The van der Waals surface area contributed by atoms with Crippen molar-refractivity contribution in [1.29, 1.82) is 0 Å². The van der Waals surface area contributed by atoms with Gasteiger partial charge in [-0.1, -0.05) is 24.6 Å². The molecule has 0 spiro atoms. The van der Waals surface area contributed by atoms with Gasteiger partial charge in [0.1, 0.15) is 5.82 Å². The molecule has 3 rings (SSSR count). The smallest absolute Gasteiger partial charge is 0.159 e. The van der Waals surface area contributed by atoms with Gasteiger partial charge < -0.3 is 9.88 Å². The molecular formula is C16H18ClF2N3. The van der Waals surface area contributed by atoms with Crippen LogP contribution in [0.15, 0.2) is 18.2 Å². The second-order valence-electron chi connectivity index (χ2n) is 5.50. The van der Waals surface area contributed by atoms with Crippen LogP contribution in [0.25, 0.3) is 0 Å². The second kappa shape index (κ2) is 6.34. The second-order valence-corrected chi connectivity index (χ2v) is 5.86. The Hall–Kier alpha value is -1.46. The lowest BCUT2D eigenvalue weighted by Gasteiger charge is -2.27. The molecule has 0 saturated carbocycles. The number of nitrogens with zero attached hydrogens (tertiary/aromatic N) is 2. The fraction of sp³-hybridized carbons (Fsp3) is 0.438. The van der Waals surface area contributed by atoms with E-state index in [9.17, 15) is 8.78 Å². The van der Waals surface area contributed by atoms with Crippen LogP contribution >= 0.6 is 11.6 Å². The van der Waals surface area contributed by atoms with Gasteiger partial charge in [0.15, 0.2) is 16.8 Å². The van der Waals surface area contributed by atoms with Crippen LogP contribution in [0.4, 0.5) is 8.78 Å². The van der Waals surface area contributed by atoms with Crippen molar-refractivity contribution < 1.29 is 8.78 Å². The van der Waals surface area contributed by atoms with E-state index >= 15 is 0 Å². The number of halogens is 3. The highest BCUT2D eigenvalue weighted by molar-refractivity contribution is 6.30. The number of aryl methyl sites for hydroxylation is 2. The molecule has 1 aliphatic rings. The van der Waals surface area contributed by atoms with Gasteiger partial charge in [-0.2, -0.15) is 0 Å². The summed E-state index contributed by atoms with van der Waals surface area (Å²) >= 11 is 6.28. The van der Waals surface area contributed by atoms with E-state index < -0.39 is 11.6 Å². The van der Waals surface area contributed by atoms with Gasteiger partial charge in [-0.3, -0.25) is 0 Å². The average molecular weight is 326 g/mol. The summed E-state index contributed by atoms with van der Waals surface area (Å²) in [6.07, 6.45) is 2.26. The molecule has 0 amide bonds. The summed E-state index contributed by atoms with van der Waals surface area (Å²) in [5, 5.41) is 3.98. The third-order valence-corrected chi connectivity index (χ3v) is 4.40. The van der Waals surface area contributed by atoms with Crippen LogP contribution in [-0.4, -0.2) is 16.1 Å². The third-order valence-electron chi connectivity index (χ3n) is 4.12. The maximum atomic E-state index is 13.3. The zero-order valence-electron chi connectivity index (χ0n) is 12.4. The minimum Gasteiger partial charge on any atom is -0.328 e. The molecular weight excluding hydrogens is 308 g/mol. The SMILES string of the molecule is CCc1nc(Cl)c2n1CCNC2CCc1ccc(F)c(F)c1. The van der Waals surface area contributed by atoms with E-state index in [-0.39, 0.29) is 6.04 Å². The van der Waals surface area contributed by atoms with Crippen LogP contribution in [-0.2, 0) is 19.4 Å². The Labute approximate surface area is 133 Å². The zero-order chi connectivity index (χ0) is 15.7. The summed E-state index contributed by atoms with van der Waals surface area (Å²) in [4.78, 5) is 4.42. The number of imidazole rings is 1. The number of hydrogen-bond acceptors (Lipinski definition) is 2. The highest BCUT2D eigenvalue weighted by atomic mass is 35.5. The van der Waals surface area contributed by atoms with Crippen LogP contribution in [0.2, 0.25) is 5.15 Å². The van der Waals surface area contributed by atoms with E-state index in [1.165, 1.54) is 12.1 Å². The summed E-state index contributed by atoms with van der Waals surface area (Å²) in [6.45, 7) is 3.78. The van der Waals surface area contributed by atoms with Gasteiger partial charge in [-0.15, -0.1) is 0 Å². The molecule has 0 radical (unpaired) electrons. The van der Waals surface area contributed by atoms with Crippen molar-refractivity contribution in [1.82, 2.24) is 14.9 Å². The van der Waals surface area contributed by atoms with Gasteiger partial charge in [0.2, 0.25) is 0 Å². The molecule has 6 heteroatoms. The Morgan fingerprint density at radius 3 is 2.91 bits per heavy atom. The Morgan fingerprint density at radius 2 is 2.18 bits per heavy atom. The summed E-state index contributed by atoms with van der Waals surface area (Å²) in [6, 6.07) is 4.14. The molecule has 22 heavy (non-hydrogen) atoms. The topological polar surface area (TPSA) is 29.9 Å². The quantitative estimate of drug-likeness (QED) is 0.930. The monoisotopic (exact) mass is 325 g/mol. The van der Waals surface area contributed by atoms with Crippen molar-refractivity contribution in [2.75, 3.05) is 6.54 Å². The lowest BCUT2D eigenvalue weighted by Crippen LogP contribution is -2.34. The first-order valence-corrected chi connectivity index (χ1v) is 7.90. The van der Waals surface area contributed by atoms with Crippen LogP contribution in [0.5, 0.6) is 0 Å². The van der Waals surface area contributed by atoms with Gasteiger partial charge in [-0.25, -0.2) is 13.8 Å². The molecule has 0 bridgehead atoms.